The number of carbonyl (C=O) groups is 1. The second kappa shape index (κ2) is 5.55. The predicted octanol–water partition coefficient (Wildman–Crippen LogP) is 1.88. The molecule has 76 valence electrons. The van der Waals surface area contributed by atoms with Crippen molar-refractivity contribution in [3.05, 3.63) is 35.4 Å². The molecule has 14 heavy (non-hydrogen) atoms. The van der Waals surface area contributed by atoms with Gasteiger partial charge in [-0.1, -0.05) is 24.3 Å². The van der Waals surface area contributed by atoms with Crippen LogP contribution in [0.4, 0.5) is 0 Å². The van der Waals surface area contributed by atoms with Crippen LogP contribution in [0, 0.1) is 0 Å². The Morgan fingerprint density at radius 1 is 1.14 bits per heavy atom. The number of carbonyl (C=O) groups excluding carboxylic acids is 1. The van der Waals surface area contributed by atoms with Crippen LogP contribution >= 0.6 is 0 Å². The van der Waals surface area contributed by atoms with Gasteiger partial charge in [0, 0.05) is 13.0 Å². The molecule has 0 amide bonds. The summed E-state index contributed by atoms with van der Waals surface area (Å²) in [7, 11) is 4.11. The Balaban J connectivity index is 2.54. The third-order valence-electron chi connectivity index (χ3n) is 2.07. The zero-order valence-corrected chi connectivity index (χ0v) is 8.86. The Bertz CT molecular complexity index is 277. The van der Waals surface area contributed by atoms with Gasteiger partial charge in [0.25, 0.3) is 0 Å². The minimum absolute atomic E-state index is 0.618. The van der Waals surface area contributed by atoms with Crippen molar-refractivity contribution in [2.45, 2.75) is 19.4 Å². The minimum Gasteiger partial charge on any atom is -0.305 e. The van der Waals surface area contributed by atoms with E-state index in [-0.39, 0.29) is 0 Å². The van der Waals surface area contributed by atoms with E-state index in [2.05, 4.69) is 43.3 Å². The predicted molar refractivity (Wildman–Crippen MR) is 58.2 cm³/mol. The summed E-state index contributed by atoms with van der Waals surface area (Å²) in [6.45, 7) is 0.966. The lowest BCUT2D eigenvalue weighted by Gasteiger charge is -2.09. The van der Waals surface area contributed by atoms with Crippen molar-refractivity contribution in [1.82, 2.24) is 4.90 Å². The molecule has 0 atom stereocenters. The molecule has 1 aromatic carbocycles. The summed E-state index contributed by atoms with van der Waals surface area (Å²) < 4.78 is 0. The lowest BCUT2D eigenvalue weighted by molar-refractivity contribution is -0.107. The van der Waals surface area contributed by atoms with E-state index in [9.17, 15) is 4.79 Å². The van der Waals surface area contributed by atoms with Gasteiger partial charge in [-0.15, -0.1) is 0 Å². The SMILES string of the molecule is CN(C)Cc1ccc(CCC=O)cc1. The molecule has 0 aliphatic rings. The van der Waals surface area contributed by atoms with E-state index in [1.54, 1.807) is 0 Å². The van der Waals surface area contributed by atoms with Crippen LogP contribution in [0.2, 0.25) is 0 Å². The van der Waals surface area contributed by atoms with Crippen LogP contribution in [0.15, 0.2) is 24.3 Å². The highest BCUT2D eigenvalue weighted by molar-refractivity contribution is 5.50. The van der Waals surface area contributed by atoms with E-state index in [0.717, 1.165) is 19.3 Å². The number of nitrogens with zero attached hydrogens (tertiary/aromatic N) is 1. The first-order valence-electron chi connectivity index (χ1n) is 4.88. The van der Waals surface area contributed by atoms with Crippen molar-refractivity contribution >= 4 is 6.29 Å². The fourth-order valence-electron chi connectivity index (χ4n) is 1.40. The zero-order valence-electron chi connectivity index (χ0n) is 8.86. The fourth-order valence-corrected chi connectivity index (χ4v) is 1.40. The molecule has 2 nitrogen and oxygen atoms in total. The summed E-state index contributed by atoms with van der Waals surface area (Å²) in [6, 6.07) is 8.45. The normalized spacial score (nSPS) is 10.5. The highest BCUT2D eigenvalue weighted by Gasteiger charge is 1.96. The summed E-state index contributed by atoms with van der Waals surface area (Å²) in [4.78, 5) is 12.3. The average Bonchev–Trinajstić information content (AvgIpc) is 2.16. The van der Waals surface area contributed by atoms with Gasteiger partial charge in [0.15, 0.2) is 0 Å². The van der Waals surface area contributed by atoms with E-state index < -0.39 is 0 Å². The van der Waals surface area contributed by atoms with Crippen molar-refractivity contribution in [3.8, 4) is 0 Å². The lowest BCUT2D eigenvalue weighted by Crippen LogP contribution is -2.10. The van der Waals surface area contributed by atoms with Gasteiger partial charge in [0.1, 0.15) is 6.29 Å². The Morgan fingerprint density at radius 3 is 2.21 bits per heavy atom. The number of rotatable bonds is 5. The van der Waals surface area contributed by atoms with Crippen LogP contribution in [0.25, 0.3) is 0 Å². The maximum Gasteiger partial charge on any atom is 0.120 e. The molecule has 2 heteroatoms. The zero-order chi connectivity index (χ0) is 10.4. The van der Waals surface area contributed by atoms with Gasteiger partial charge in [0.05, 0.1) is 0 Å². The summed E-state index contributed by atoms with van der Waals surface area (Å²) in [5.41, 5.74) is 2.55. The molecule has 0 spiro atoms. The van der Waals surface area contributed by atoms with E-state index in [1.807, 2.05) is 0 Å². The topological polar surface area (TPSA) is 20.3 Å². The summed E-state index contributed by atoms with van der Waals surface area (Å²) in [5, 5.41) is 0. The van der Waals surface area contributed by atoms with Gasteiger partial charge >= 0.3 is 0 Å². The minimum atomic E-state index is 0.618. The largest absolute Gasteiger partial charge is 0.305 e. The van der Waals surface area contributed by atoms with E-state index >= 15 is 0 Å². The Labute approximate surface area is 85.5 Å². The van der Waals surface area contributed by atoms with Crippen molar-refractivity contribution < 1.29 is 4.79 Å². The molecule has 1 rings (SSSR count). The molecule has 0 heterocycles. The van der Waals surface area contributed by atoms with Gasteiger partial charge in [-0.3, -0.25) is 0 Å². The molecule has 0 aromatic heterocycles. The van der Waals surface area contributed by atoms with Gasteiger partial charge in [-0.2, -0.15) is 0 Å². The van der Waals surface area contributed by atoms with Crippen LogP contribution in [0.5, 0.6) is 0 Å². The van der Waals surface area contributed by atoms with Crippen molar-refractivity contribution in [3.63, 3.8) is 0 Å². The third-order valence-corrected chi connectivity index (χ3v) is 2.07. The van der Waals surface area contributed by atoms with Gasteiger partial charge < -0.3 is 9.69 Å². The second-order valence-corrected chi connectivity index (χ2v) is 3.76. The Kier molecular flexibility index (Phi) is 4.33. The fraction of sp³-hybridized carbons (Fsp3) is 0.417. The summed E-state index contributed by atoms with van der Waals surface area (Å²) in [5.74, 6) is 0. The lowest BCUT2D eigenvalue weighted by atomic mass is 10.1. The van der Waals surface area contributed by atoms with Crippen molar-refractivity contribution in [2.75, 3.05) is 14.1 Å². The molecular weight excluding hydrogens is 174 g/mol. The third kappa shape index (κ3) is 3.71. The molecule has 0 aliphatic carbocycles. The molecular formula is C12H17NO. The number of hydrogen-bond donors (Lipinski definition) is 0. The van der Waals surface area contributed by atoms with E-state index in [0.29, 0.717) is 6.42 Å². The Morgan fingerprint density at radius 2 is 1.71 bits per heavy atom. The van der Waals surface area contributed by atoms with Crippen LogP contribution in [0.1, 0.15) is 17.5 Å². The maximum atomic E-state index is 10.2. The number of aldehydes is 1. The molecule has 0 saturated heterocycles. The molecule has 0 fully saturated rings. The van der Waals surface area contributed by atoms with Crippen LogP contribution < -0.4 is 0 Å². The maximum absolute atomic E-state index is 10.2. The number of aryl methyl sites for hydroxylation is 1. The van der Waals surface area contributed by atoms with E-state index in [4.69, 9.17) is 0 Å². The monoisotopic (exact) mass is 191 g/mol. The standard InChI is InChI=1S/C12H17NO/c1-13(2)10-12-7-5-11(6-8-12)4-3-9-14/h5-9H,3-4,10H2,1-2H3. The Hall–Kier alpha value is -1.15. The van der Waals surface area contributed by atoms with Gasteiger partial charge in [-0.25, -0.2) is 0 Å². The van der Waals surface area contributed by atoms with Gasteiger partial charge in [-0.05, 0) is 31.6 Å². The average molecular weight is 191 g/mol. The van der Waals surface area contributed by atoms with Crippen LogP contribution in [0.3, 0.4) is 0 Å². The van der Waals surface area contributed by atoms with E-state index in [1.165, 1.54) is 11.1 Å². The van der Waals surface area contributed by atoms with Crippen LogP contribution in [-0.2, 0) is 17.8 Å². The summed E-state index contributed by atoms with van der Waals surface area (Å²) >= 11 is 0. The van der Waals surface area contributed by atoms with Gasteiger partial charge in [0.2, 0.25) is 0 Å². The highest BCUT2D eigenvalue weighted by atomic mass is 16.1. The molecule has 0 saturated carbocycles. The molecule has 0 N–H and O–H groups in total. The second-order valence-electron chi connectivity index (χ2n) is 3.76. The number of hydrogen-bond acceptors (Lipinski definition) is 2. The van der Waals surface area contributed by atoms with Crippen molar-refractivity contribution in [1.29, 1.82) is 0 Å². The van der Waals surface area contributed by atoms with Crippen molar-refractivity contribution in [2.24, 2.45) is 0 Å². The molecule has 0 bridgehead atoms. The summed E-state index contributed by atoms with van der Waals surface area (Å²) in [6.07, 6.45) is 2.44. The molecule has 0 radical (unpaired) electrons. The highest BCUT2D eigenvalue weighted by Crippen LogP contribution is 2.07. The molecule has 1 aromatic rings. The smallest absolute Gasteiger partial charge is 0.120 e. The first kappa shape index (κ1) is 10.9. The first-order chi connectivity index (χ1) is 6.72. The molecule has 0 aliphatic heterocycles. The first-order valence-corrected chi connectivity index (χ1v) is 4.88. The van der Waals surface area contributed by atoms with Crippen LogP contribution in [-0.4, -0.2) is 25.3 Å². The number of benzene rings is 1. The quantitative estimate of drug-likeness (QED) is 0.662. The molecule has 0 unspecified atom stereocenters.